The van der Waals surface area contributed by atoms with Crippen LogP contribution in [0.5, 0.6) is 11.5 Å². The van der Waals surface area contributed by atoms with E-state index in [1.807, 2.05) is 79.7 Å². The summed E-state index contributed by atoms with van der Waals surface area (Å²) in [6.45, 7) is 2.55. The summed E-state index contributed by atoms with van der Waals surface area (Å²) in [5.41, 5.74) is 2.76. The van der Waals surface area contributed by atoms with Gasteiger partial charge in [-0.05, 0) is 67.4 Å². The molecule has 3 aromatic carbocycles. The summed E-state index contributed by atoms with van der Waals surface area (Å²) in [7, 11) is 1.64. The molecule has 0 saturated carbocycles. The molecule has 6 heteroatoms. The zero-order valence-corrected chi connectivity index (χ0v) is 18.4. The molecule has 31 heavy (non-hydrogen) atoms. The normalized spacial score (nSPS) is 10.8. The lowest BCUT2D eigenvalue weighted by atomic mass is 10.1. The van der Waals surface area contributed by atoms with Crippen LogP contribution in [0.4, 0.5) is 10.8 Å². The summed E-state index contributed by atoms with van der Waals surface area (Å²) in [4.78, 5) is 19.8. The highest BCUT2D eigenvalue weighted by atomic mass is 32.1. The van der Waals surface area contributed by atoms with Crippen molar-refractivity contribution in [2.75, 3.05) is 18.6 Å². The second-order valence-corrected chi connectivity index (χ2v) is 7.98. The number of carbonyl (C=O) groups excluding carboxylic acids is 1. The van der Waals surface area contributed by atoms with Crippen molar-refractivity contribution >= 4 is 38.3 Å². The van der Waals surface area contributed by atoms with Crippen molar-refractivity contribution in [1.82, 2.24) is 4.98 Å². The quantitative estimate of drug-likeness (QED) is 0.343. The number of methoxy groups -OCH3 is 1. The summed E-state index contributed by atoms with van der Waals surface area (Å²) in [5.74, 6) is 1.58. The third-order valence-corrected chi connectivity index (χ3v) is 5.94. The first-order valence-corrected chi connectivity index (χ1v) is 11.0. The van der Waals surface area contributed by atoms with Gasteiger partial charge in [-0.15, -0.1) is 0 Å². The topological polar surface area (TPSA) is 51.7 Å². The number of para-hydroxylation sites is 1. The predicted molar refractivity (Wildman–Crippen MR) is 126 cm³/mol. The molecule has 0 spiro atoms. The van der Waals surface area contributed by atoms with Crippen LogP contribution < -0.4 is 14.4 Å². The maximum Gasteiger partial charge on any atom is 0.233 e. The molecule has 0 atom stereocenters. The Hall–Kier alpha value is -3.38. The monoisotopic (exact) mass is 432 g/mol. The lowest BCUT2D eigenvalue weighted by Crippen LogP contribution is -2.26. The SMILES string of the molecule is CCOc1ccc(N(C(=O)CCc2ccc(OC)cc2)c2nc3ccccc3s2)cc1. The largest absolute Gasteiger partial charge is 0.497 e. The Morgan fingerprint density at radius 2 is 1.68 bits per heavy atom. The number of carbonyl (C=O) groups is 1. The van der Waals surface area contributed by atoms with Crippen LogP contribution in [0.15, 0.2) is 72.8 Å². The number of hydrogen-bond acceptors (Lipinski definition) is 5. The number of benzene rings is 3. The van der Waals surface area contributed by atoms with Crippen LogP contribution in [-0.2, 0) is 11.2 Å². The highest BCUT2D eigenvalue weighted by Gasteiger charge is 2.22. The van der Waals surface area contributed by atoms with E-state index >= 15 is 0 Å². The maximum absolute atomic E-state index is 13.4. The molecular formula is C25H24N2O3S. The zero-order chi connectivity index (χ0) is 21.6. The van der Waals surface area contributed by atoms with Crippen LogP contribution in [0, 0.1) is 0 Å². The first kappa shape index (κ1) is 20.9. The van der Waals surface area contributed by atoms with Crippen molar-refractivity contribution in [1.29, 1.82) is 0 Å². The van der Waals surface area contributed by atoms with E-state index in [1.165, 1.54) is 11.3 Å². The average Bonchev–Trinajstić information content (AvgIpc) is 3.23. The first-order chi connectivity index (χ1) is 15.2. The third-order valence-electron chi connectivity index (χ3n) is 4.92. The van der Waals surface area contributed by atoms with Crippen molar-refractivity contribution in [3.63, 3.8) is 0 Å². The van der Waals surface area contributed by atoms with Gasteiger partial charge in [-0.2, -0.15) is 0 Å². The highest BCUT2D eigenvalue weighted by Crippen LogP contribution is 2.34. The van der Waals surface area contributed by atoms with Crippen LogP contribution in [-0.4, -0.2) is 24.6 Å². The molecule has 0 unspecified atom stereocenters. The fourth-order valence-corrected chi connectivity index (χ4v) is 4.33. The second-order valence-electron chi connectivity index (χ2n) is 6.97. The number of thiazole rings is 1. The van der Waals surface area contributed by atoms with Gasteiger partial charge in [-0.3, -0.25) is 9.69 Å². The number of anilines is 2. The molecule has 0 bridgehead atoms. The van der Waals surface area contributed by atoms with Crippen molar-refractivity contribution in [2.24, 2.45) is 0 Å². The number of fused-ring (bicyclic) bond motifs is 1. The Bertz CT molecular complexity index is 1120. The molecule has 158 valence electrons. The molecule has 5 nitrogen and oxygen atoms in total. The fraction of sp³-hybridized carbons (Fsp3) is 0.200. The van der Waals surface area contributed by atoms with Gasteiger partial charge in [0.1, 0.15) is 11.5 Å². The summed E-state index contributed by atoms with van der Waals surface area (Å²) in [5, 5.41) is 0.671. The Balaban J connectivity index is 1.61. The number of rotatable bonds is 8. The van der Waals surface area contributed by atoms with E-state index in [9.17, 15) is 4.79 Å². The Kier molecular flexibility index (Phi) is 6.48. The molecule has 1 heterocycles. The van der Waals surface area contributed by atoms with E-state index < -0.39 is 0 Å². The molecule has 0 saturated heterocycles. The number of amides is 1. The van der Waals surface area contributed by atoms with Gasteiger partial charge >= 0.3 is 0 Å². The number of aromatic nitrogens is 1. The predicted octanol–water partition coefficient (Wildman–Crippen LogP) is 6.00. The van der Waals surface area contributed by atoms with Gasteiger partial charge in [0.15, 0.2) is 5.13 Å². The third kappa shape index (κ3) is 4.86. The van der Waals surface area contributed by atoms with Crippen molar-refractivity contribution < 1.29 is 14.3 Å². The number of hydrogen-bond donors (Lipinski definition) is 0. The van der Waals surface area contributed by atoms with Crippen LogP contribution in [0.2, 0.25) is 0 Å². The fourth-order valence-electron chi connectivity index (χ4n) is 3.33. The van der Waals surface area contributed by atoms with Gasteiger partial charge in [0.25, 0.3) is 0 Å². The summed E-state index contributed by atoms with van der Waals surface area (Å²) >= 11 is 1.52. The highest BCUT2D eigenvalue weighted by molar-refractivity contribution is 7.22. The molecule has 0 aliphatic rings. The molecule has 0 aliphatic carbocycles. The maximum atomic E-state index is 13.4. The molecular weight excluding hydrogens is 408 g/mol. The molecule has 4 rings (SSSR count). The summed E-state index contributed by atoms with van der Waals surface area (Å²) in [6, 6.07) is 23.3. The molecule has 0 aliphatic heterocycles. The Morgan fingerprint density at radius 1 is 0.968 bits per heavy atom. The molecule has 1 aromatic heterocycles. The van der Waals surface area contributed by atoms with Gasteiger partial charge < -0.3 is 9.47 Å². The van der Waals surface area contributed by atoms with Crippen molar-refractivity contribution in [2.45, 2.75) is 19.8 Å². The molecule has 0 N–H and O–H groups in total. The zero-order valence-electron chi connectivity index (χ0n) is 17.6. The van der Waals surface area contributed by atoms with Gasteiger partial charge in [-0.25, -0.2) is 4.98 Å². The van der Waals surface area contributed by atoms with Crippen LogP contribution in [0.1, 0.15) is 18.9 Å². The Morgan fingerprint density at radius 3 is 2.35 bits per heavy atom. The number of ether oxygens (including phenoxy) is 2. The average molecular weight is 433 g/mol. The van der Waals surface area contributed by atoms with Crippen molar-refractivity contribution in [3.8, 4) is 11.5 Å². The second kappa shape index (κ2) is 9.62. The molecule has 1 amide bonds. The van der Waals surface area contributed by atoms with E-state index in [2.05, 4.69) is 0 Å². The lowest BCUT2D eigenvalue weighted by Gasteiger charge is -2.20. The van der Waals surface area contributed by atoms with Crippen molar-refractivity contribution in [3.05, 3.63) is 78.4 Å². The number of nitrogens with zero attached hydrogens (tertiary/aromatic N) is 2. The van der Waals surface area contributed by atoms with Crippen LogP contribution in [0.25, 0.3) is 10.2 Å². The standard InChI is InChI=1S/C25H24N2O3S/c1-3-30-21-15-11-19(12-16-21)27(25-26-22-6-4-5-7-23(22)31-25)24(28)17-10-18-8-13-20(29-2)14-9-18/h4-9,11-16H,3,10,17H2,1-2H3. The summed E-state index contributed by atoms with van der Waals surface area (Å²) in [6.07, 6.45) is 1.01. The van der Waals surface area contributed by atoms with E-state index in [0.717, 1.165) is 33.0 Å². The molecule has 4 aromatic rings. The minimum Gasteiger partial charge on any atom is -0.497 e. The van der Waals surface area contributed by atoms with Crippen LogP contribution >= 0.6 is 11.3 Å². The lowest BCUT2D eigenvalue weighted by molar-refractivity contribution is -0.117. The van der Waals surface area contributed by atoms with Gasteiger partial charge in [0, 0.05) is 6.42 Å². The minimum atomic E-state index is -0.000894. The van der Waals surface area contributed by atoms with Crippen LogP contribution in [0.3, 0.4) is 0 Å². The van der Waals surface area contributed by atoms with E-state index in [0.29, 0.717) is 24.6 Å². The number of aryl methyl sites for hydroxylation is 1. The minimum absolute atomic E-state index is 0.000894. The van der Waals surface area contributed by atoms with Gasteiger partial charge in [0.05, 0.1) is 29.6 Å². The van der Waals surface area contributed by atoms with E-state index in [1.54, 1.807) is 12.0 Å². The van der Waals surface area contributed by atoms with Gasteiger partial charge in [-0.1, -0.05) is 35.6 Å². The van der Waals surface area contributed by atoms with E-state index in [-0.39, 0.29) is 5.91 Å². The smallest absolute Gasteiger partial charge is 0.233 e. The van der Waals surface area contributed by atoms with E-state index in [4.69, 9.17) is 14.5 Å². The van der Waals surface area contributed by atoms with Gasteiger partial charge in [0.2, 0.25) is 5.91 Å². The molecule has 0 radical (unpaired) electrons. The summed E-state index contributed by atoms with van der Waals surface area (Å²) < 4.78 is 11.8. The first-order valence-electron chi connectivity index (χ1n) is 10.2. The molecule has 0 fully saturated rings. The Labute approximate surface area is 185 Å².